The molecule has 1 N–H and O–H groups in total. The zero-order valence-corrected chi connectivity index (χ0v) is 12.1. The zero-order chi connectivity index (χ0) is 14.8. The molecule has 0 aliphatic heterocycles. The van der Waals surface area contributed by atoms with Crippen molar-refractivity contribution in [1.82, 2.24) is 0 Å². The van der Waals surface area contributed by atoms with Gasteiger partial charge in [-0.1, -0.05) is 35.9 Å². The average molecular weight is 303 g/mol. The molecule has 2 aromatic rings. The molecule has 2 aromatic carbocycles. The number of anilines is 1. The Balaban J connectivity index is 1.65. The van der Waals surface area contributed by atoms with E-state index in [1.165, 1.54) is 30.5 Å². The van der Waals surface area contributed by atoms with Gasteiger partial charge in [0.05, 0.1) is 15.6 Å². The van der Waals surface area contributed by atoms with Crippen LogP contribution in [-0.4, -0.2) is 4.92 Å². The Bertz CT molecular complexity index is 666. The van der Waals surface area contributed by atoms with Crippen molar-refractivity contribution in [2.75, 3.05) is 5.32 Å². The number of nitro groups is 1. The highest BCUT2D eigenvalue weighted by molar-refractivity contribution is 6.33. The molecular weight excluding hydrogens is 288 g/mol. The summed E-state index contributed by atoms with van der Waals surface area (Å²) in [5.41, 5.74) is 3.27. The molecule has 0 radical (unpaired) electrons. The third-order valence-electron chi connectivity index (χ3n) is 3.67. The smallest absolute Gasteiger partial charge is 0.271 e. The number of nitro benzene ring substituents is 1. The molecule has 0 saturated heterocycles. The molecule has 0 amide bonds. The topological polar surface area (TPSA) is 55.2 Å². The van der Waals surface area contributed by atoms with Gasteiger partial charge in [0.2, 0.25) is 0 Å². The Morgan fingerprint density at radius 1 is 1.19 bits per heavy atom. The molecule has 21 heavy (non-hydrogen) atoms. The molecule has 3 rings (SSSR count). The standard InChI is InChI=1S/C16H15ClN2O2/c17-15-9-14(19(20)21)7-8-16(15)18-10-11-1-3-12(4-2-11)13-5-6-13/h1-4,7-9,13,18H,5-6,10H2. The highest BCUT2D eigenvalue weighted by atomic mass is 35.5. The van der Waals surface area contributed by atoms with Gasteiger partial charge in [-0.05, 0) is 36.0 Å². The van der Waals surface area contributed by atoms with Crippen LogP contribution in [0.25, 0.3) is 0 Å². The van der Waals surface area contributed by atoms with Crippen LogP contribution in [0.2, 0.25) is 5.02 Å². The number of benzene rings is 2. The van der Waals surface area contributed by atoms with E-state index in [1.54, 1.807) is 6.07 Å². The maximum Gasteiger partial charge on any atom is 0.271 e. The number of nitrogens with one attached hydrogen (secondary N) is 1. The van der Waals surface area contributed by atoms with E-state index in [0.717, 1.165) is 11.5 Å². The van der Waals surface area contributed by atoms with Gasteiger partial charge >= 0.3 is 0 Å². The lowest BCUT2D eigenvalue weighted by Crippen LogP contribution is -2.00. The van der Waals surface area contributed by atoms with E-state index in [0.29, 0.717) is 17.3 Å². The van der Waals surface area contributed by atoms with Gasteiger partial charge in [-0.25, -0.2) is 0 Å². The monoisotopic (exact) mass is 302 g/mol. The van der Waals surface area contributed by atoms with Crippen molar-refractivity contribution in [1.29, 1.82) is 0 Å². The van der Waals surface area contributed by atoms with Crippen LogP contribution in [0.4, 0.5) is 11.4 Å². The summed E-state index contributed by atoms with van der Waals surface area (Å²) in [6.45, 7) is 0.641. The summed E-state index contributed by atoms with van der Waals surface area (Å²) in [5.74, 6) is 0.760. The minimum Gasteiger partial charge on any atom is -0.380 e. The quantitative estimate of drug-likeness (QED) is 0.641. The third-order valence-corrected chi connectivity index (χ3v) is 3.99. The number of nitrogens with zero attached hydrogens (tertiary/aromatic N) is 1. The molecule has 4 nitrogen and oxygen atoms in total. The Morgan fingerprint density at radius 3 is 2.48 bits per heavy atom. The predicted octanol–water partition coefficient (Wildman–Crippen LogP) is 4.74. The van der Waals surface area contributed by atoms with Crippen molar-refractivity contribution in [2.24, 2.45) is 0 Å². The van der Waals surface area contributed by atoms with Crippen LogP contribution < -0.4 is 5.32 Å². The summed E-state index contributed by atoms with van der Waals surface area (Å²) in [4.78, 5) is 10.2. The fourth-order valence-electron chi connectivity index (χ4n) is 2.28. The lowest BCUT2D eigenvalue weighted by Gasteiger charge is -2.09. The molecule has 0 heterocycles. The summed E-state index contributed by atoms with van der Waals surface area (Å²) in [5, 5.41) is 14.2. The number of halogens is 1. The van der Waals surface area contributed by atoms with Gasteiger partial charge in [-0.3, -0.25) is 10.1 Å². The van der Waals surface area contributed by atoms with E-state index in [2.05, 4.69) is 29.6 Å². The number of hydrogen-bond donors (Lipinski definition) is 1. The fourth-order valence-corrected chi connectivity index (χ4v) is 2.52. The van der Waals surface area contributed by atoms with Gasteiger partial charge in [0.25, 0.3) is 5.69 Å². The van der Waals surface area contributed by atoms with Crippen LogP contribution in [0.3, 0.4) is 0 Å². The predicted molar refractivity (Wildman–Crippen MR) is 83.9 cm³/mol. The first-order valence-corrected chi connectivity index (χ1v) is 7.28. The maximum absolute atomic E-state index is 10.7. The van der Waals surface area contributed by atoms with Crippen LogP contribution >= 0.6 is 11.6 Å². The van der Waals surface area contributed by atoms with Crippen molar-refractivity contribution in [3.05, 3.63) is 68.7 Å². The fraction of sp³-hybridized carbons (Fsp3) is 0.250. The minimum atomic E-state index is -0.452. The van der Waals surface area contributed by atoms with Crippen molar-refractivity contribution >= 4 is 23.0 Å². The first-order chi connectivity index (χ1) is 10.1. The SMILES string of the molecule is O=[N+]([O-])c1ccc(NCc2ccc(C3CC3)cc2)c(Cl)c1. The molecule has 108 valence electrons. The van der Waals surface area contributed by atoms with Gasteiger partial charge < -0.3 is 5.32 Å². The molecule has 0 aromatic heterocycles. The van der Waals surface area contributed by atoms with Gasteiger partial charge in [-0.2, -0.15) is 0 Å². The van der Waals surface area contributed by atoms with Gasteiger partial charge in [0.1, 0.15) is 0 Å². The molecule has 1 aliphatic rings. The van der Waals surface area contributed by atoms with Crippen LogP contribution in [0.5, 0.6) is 0 Å². The molecule has 0 spiro atoms. The molecule has 1 fully saturated rings. The highest BCUT2D eigenvalue weighted by Crippen LogP contribution is 2.39. The van der Waals surface area contributed by atoms with E-state index in [9.17, 15) is 10.1 Å². The summed E-state index contributed by atoms with van der Waals surface area (Å²) >= 11 is 6.05. The molecule has 1 aliphatic carbocycles. The number of rotatable bonds is 5. The average Bonchev–Trinajstić information content (AvgIpc) is 3.31. The van der Waals surface area contributed by atoms with E-state index in [1.807, 2.05) is 0 Å². The Labute approximate surface area is 127 Å². The van der Waals surface area contributed by atoms with Crippen LogP contribution in [0, 0.1) is 10.1 Å². The van der Waals surface area contributed by atoms with Crippen LogP contribution in [-0.2, 0) is 6.54 Å². The van der Waals surface area contributed by atoms with Gasteiger partial charge in [-0.15, -0.1) is 0 Å². The summed E-state index contributed by atoms with van der Waals surface area (Å²) in [6, 6.07) is 13.0. The lowest BCUT2D eigenvalue weighted by atomic mass is 10.1. The summed E-state index contributed by atoms with van der Waals surface area (Å²) < 4.78 is 0. The molecule has 0 unspecified atom stereocenters. The van der Waals surface area contributed by atoms with Crippen molar-refractivity contribution < 1.29 is 4.92 Å². The first kappa shape index (κ1) is 13.9. The molecule has 5 heteroatoms. The van der Waals surface area contributed by atoms with Crippen LogP contribution in [0.1, 0.15) is 29.9 Å². The number of non-ortho nitro benzene ring substituents is 1. The molecule has 1 saturated carbocycles. The summed E-state index contributed by atoms with van der Waals surface area (Å²) in [7, 11) is 0. The van der Waals surface area contributed by atoms with Gasteiger partial charge in [0, 0.05) is 18.7 Å². The van der Waals surface area contributed by atoms with Crippen LogP contribution in [0.15, 0.2) is 42.5 Å². The Hall–Kier alpha value is -2.07. The first-order valence-electron chi connectivity index (χ1n) is 6.90. The largest absolute Gasteiger partial charge is 0.380 e. The second-order valence-electron chi connectivity index (χ2n) is 5.29. The van der Waals surface area contributed by atoms with E-state index < -0.39 is 4.92 Å². The summed E-state index contributed by atoms with van der Waals surface area (Å²) in [6.07, 6.45) is 2.60. The second kappa shape index (κ2) is 5.74. The third kappa shape index (κ3) is 3.34. The van der Waals surface area contributed by atoms with E-state index in [-0.39, 0.29) is 5.69 Å². The molecular formula is C16H15ClN2O2. The normalized spacial score (nSPS) is 14.0. The molecule has 0 atom stereocenters. The highest BCUT2D eigenvalue weighted by Gasteiger charge is 2.22. The Kier molecular flexibility index (Phi) is 3.80. The second-order valence-corrected chi connectivity index (χ2v) is 5.70. The van der Waals surface area contributed by atoms with Crippen molar-refractivity contribution in [3.63, 3.8) is 0 Å². The van der Waals surface area contributed by atoms with E-state index >= 15 is 0 Å². The van der Waals surface area contributed by atoms with Crippen molar-refractivity contribution in [2.45, 2.75) is 25.3 Å². The van der Waals surface area contributed by atoms with Crippen molar-refractivity contribution in [3.8, 4) is 0 Å². The lowest BCUT2D eigenvalue weighted by molar-refractivity contribution is -0.384. The number of hydrogen-bond acceptors (Lipinski definition) is 3. The minimum absolute atomic E-state index is 0.000615. The molecule has 0 bridgehead atoms. The maximum atomic E-state index is 10.7. The van der Waals surface area contributed by atoms with E-state index in [4.69, 9.17) is 11.6 Å². The van der Waals surface area contributed by atoms with Gasteiger partial charge in [0.15, 0.2) is 0 Å². The Morgan fingerprint density at radius 2 is 1.90 bits per heavy atom. The zero-order valence-electron chi connectivity index (χ0n) is 11.4.